The summed E-state index contributed by atoms with van der Waals surface area (Å²) in [4.78, 5) is 12.1. The van der Waals surface area contributed by atoms with E-state index >= 15 is 0 Å². The zero-order chi connectivity index (χ0) is 15.7. The first-order valence-electron chi connectivity index (χ1n) is 6.92. The molecule has 0 radical (unpaired) electrons. The maximum absolute atomic E-state index is 12.1. The fraction of sp³-hybridized carbons (Fsp3) is 0.267. The minimum absolute atomic E-state index is 0.252. The molecule has 22 heavy (non-hydrogen) atoms. The van der Waals surface area contributed by atoms with Gasteiger partial charge in [-0.3, -0.25) is 14.2 Å². The quantitative estimate of drug-likeness (QED) is 0.800. The molecule has 0 saturated heterocycles. The third-order valence-electron chi connectivity index (χ3n) is 3.25. The molecule has 0 atom stereocenters. The van der Waals surface area contributed by atoms with Gasteiger partial charge in [0.05, 0.1) is 12.2 Å². The molecule has 3 rings (SSSR count). The van der Waals surface area contributed by atoms with Crippen molar-refractivity contribution < 1.29 is 9.21 Å². The molecule has 0 saturated carbocycles. The SMILES string of the molecule is Cc1cc(C)n(Cc2ccc(C(=O)Nc3ccn(C)n3)o2)n1. The molecule has 0 aliphatic carbocycles. The van der Waals surface area contributed by atoms with Gasteiger partial charge in [0.25, 0.3) is 5.91 Å². The number of aryl methyl sites for hydroxylation is 3. The van der Waals surface area contributed by atoms with Gasteiger partial charge in [0, 0.05) is 25.0 Å². The van der Waals surface area contributed by atoms with Crippen molar-refractivity contribution in [3.63, 3.8) is 0 Å². The van der Waals surface area contributed by atoms with Crippen molar-refractivity contribution in [3.8, 4) is 0 Å². The van der Waals surface area contributed by atoms with Gasteiger partial charge in [0.1, 0.15) is 5.76 Å². The van der Waals surface area contributed by atoms with Crippen LogP contribution in [0.2, 0.25) is 0 Å². The van der Waals surface area contributed by atoms with Crippen LogP contribution in [-0.4, -0.2) is 25.5 Å². The van der Waals surface area contributed by atoms with Crippen LogP contribution in [0.15, 0.2) is 34.9 Å². The van der Waals surface area contributed by atoms with Crippen molar-refractivity contribution in [2.45, 2.75) is 20.4 Å². The molecule has 7 heteroatoms. The summed E-state index contributed by atoms with van der Waals surface area (Å²) in [5.41, 5.74) is 2.01. The Kier molecular flexibility index (Phi) is 3.54. The van der Waals surface area contributed by atoms with Crippen molar-refractivity contribution in [3.05, 3.63) is 53.4 Å². The third-order valence-corrected chi connectivity index (χ3v) is 3.25. The Bertz CT molecular complexity index is 812. The summed E-state index contributed by atoms with van der Waals surface area (Å²) in [5, 5.41) is 11.2. The fourth-order valence-electron chi connectivity index (χ4n) is 2.23. The second-order valence-electron chi connectivity index (χ2n) is 5.18. The summed E-state index contributed by atoms with van der Waals surface area (Å²) in [7, 11) is 1.79. The predicted octanol–water partition coefficient (Wildman–Crippen LogP) is 2.13. The van der Waals surface area contributed by atoms with Gasteiger partial charge in [-0.25, -0.2) is 0 Å². The van der Waals surface area contributed by atoms with E-state index in [1.807, 2.05) is 24.6 Å². The van der Waals surface area contributed by atoms with Crippen molar-refractivity contribution in [1.29, 1.82) is 0 Å². The summed E-state index contributed by atoms with van der Waals surface area (Å²) in [6.45, 7) is 4.42. The molecular formula is C15H17N5O2. The lowest BCUT2D eigenvalue weighted by Gasteiger charge is -2.01. The number of nitrogens with one attached hydrogen (secondary N) is 1. The molecule has 7 nitrogen and oxygen atoms in total. The van der Waals surface area contributed by atoms with Gasteiger partial charge in [-0.1, -0.05) is 0 Å². The van der Waals surface area contributed by atoms with Crippen LogP contribution in [-0.2, 0) is 13.6 Å². The van der Waals surface area contributed by atoms with Gasteiger partial charge in [0.2, 0.25) is 0 Å². The van der Waals surface area contributed by atoms with E-state index < -0.39 is 0 Å². The number of anilines is 1. The zero-order valence-corrected chi connectivity index (χ0v) is 12.7. The van der Waals surface area contributed by atoms with Crippen LogP contribution < -0.4 is 5.32 Å². The highest BCUT2D eigenvalue weighted by Crippen LogP contribution is 2.13. The Morgan fingerprint density at radius 3 is 2.73 bits per heavy atom. The van der Waals surface area contributed by atoms with Gasteiger partial charge < -0.3 is 9.73 Å². The number of nitrogens with zero attached hydrogens (tertiary/aromatic N) is 4. The Balaban J connectivity index is 1.70. The first kappa shape index (κ1) is 14.1. The third kappa shape index (κ3) is 2.93. The maximum atomic E-state index is 12.1. The summed E-state index contributed by atoms with van der Waals surface area (Å²) in [5.74, 6) is 1.10. The van der Waals surface area contributed by atoms with Crippen molar-refractivity contribution in [2.24, 2.45) is 7.05 Å². The summed E-state index contributed by atoms with van der Waals surface area (Å²) in [6.07, 6.45) is 1.76. The zero-order valence-electron chi connectivity index (χ0n) is 12.7. The maximum Gasteiger partial charge on any atom is 0.292 e. The molecular weight excluding hydrogens is 282 g/mol. The molecule has 0 spiro atoms. The summed E-state index contributed by atoms with van der Waals surface area (Å²) < 4.78 is 9.04. The molecule has 3 aromatic rings. The average molecular weight is 299 g/mol. The van der Waals surface area contributed by atoms with E-state index in [-0.39, 0.29) is 11.7 Å². The number of rotatable bonds is 4. The van der Waals surface area contributed by atoms with E-state index in [9.17, 15) is 4.79 Å². The molecule has 3 heterocycles. The van der Waals surface area contributed by atoms with Crippen molar-refractivity contribution >= 4 is 11.7 Å². The molecule has 1 amide bonds. The first-order valence-corrected chi connectivity index (χ1v) is 6.92. The van der Waals surface area contributed by atoms with E-state index in [1.165, 1.54) is 0 Å². The topological polar surface area (TPSA) is 77.9 Å². The molecule has 1 N–H and O–H groups in total. The second kappa shape index (κ2) is 5.51. The van der Waals surface area contributed by atoms with Crippen LogP contribution in [0.3, 0.4) is 0 Å². The Morgan fingerprint density at radius 1 is 1.27 bits per heavy atom. The normalized spacial score (nSPS) is 10.9. The highest BCUT2D eigenvalue weighted by molar-refractivity contribution is 6.01. The first-order chi connectivity index (χ1) is 10.5. The average Bonchev–Trinajstić information content (AvgIpc) is 3.13. The standard InChI is InChI=1S/C15H17N5O2/c1-10-8-11(2)20(17-10)9-12-4-5-13(22-12)15(21)16-14-6-7-19(3)18-14/h4-8H,9H2,1-3H3,(H,16,18,21). The number of furan rings is 1. The van der Waals surface area contributed by atoms with Crippen LogP contribution in [0, 0.1) is 13.8 Å². The van der Waals surface area contributed by atoms with Gasteiger partial charge >= 0.3 is 0 Å². The minimum Gasteiger partial charge on any atom is -0.454 e. The highest BCUT2D eigenvalue weighted by Gasteiger charge is 2.13. The van der Waals surface area contributed by atoms with Crippen molar-refractivity contribution in [1.82, 2.24) is 19.6 Å². The lowest BCUT2D eigenvalue weighted by atomic mass is 10.4. The van der Waals surface area contributed by atoms with E-state index in [4.69, 9.17) is 4.42 Å². The van der Waals surface area contributed by atoms with E-state index in [1.54, 1.807) is 36.1 Å². The van der Waals surface area contributed by atoms with Crippen molar-refractivity contribution in [2.75, 3.05) is 5.32 Å². The Hall–Kier alpha value is -2.83. The second-order valence-corrected chi connectivity index (χ2v) is 5.18. The molecule has 114 valence electrons. The number of amides is 1. The van der Waals surface area contributed by atoms with Crippen LogP contribution in [0.5, 0.6) is 0 Å². The summed E-state index contributed by atoms with van der Waals surface area (Å²) in [6, 6.07) is 7.15. The van der Waals surface area contributed by atoms with Crippen LogP contribution >= 0.6 is 0 Å². The number of aromatic nitrogens is 4. The van der Waals surface area contributed by atoms with Crippen LogP contribution in [0.4, 0.5) is 5.82 Å². The fourth-order valence-corrected chi connectivity index (χ4v) is 2.23. The minimum atomic E-state index is -0.321. The molecule has 0 bridgehead atoms. The Labute approximate surface area is 127 Å². The van der Waals surface area contributed by atoms with Gasteiger partial charge in [-0.2, -0.15) is 10.2 Å². The Morgan fingerprint density at radius 2 is 2.09 bits per heavy atom. The number of carbonyl (C=O) groups is 1. The monoisotopic (exact) mass is 299 g/mol. The van der Waals surface area contributed by atoms with Crippen LogP contribution in [0.1, 0.15) is 27.7 Å². The lowest BCUT2D eigenvalue weighted by molar-refractivity contribution is 0.0994. The predicted molar refractivity (Wildman–Crippen MR) is 80.7 cm³/mol. The van der Waals surface area contributed by atoms with Gasteiger partial charge in [-0.15, -0.1) is 0 Å². The smallest absolute Gasteiger partial charge is 0.292 e. The van der Waals surface area contributed by atoms with Crippen LogP contribution in [0.25, 0.3) is 0 Å². The molecule has 0 unspecified atom stereocenters. The number of hydrogen-bond donors (Lipinski definition) is 1. The molecule has 0 aliphatic heterocycles. The highest BCUT2D eigenvalue weighted by atomic mass is 16.4. The van der Waals surface area contributed by atoms with Gasteiger partial charge in [-0.05, 0) is 32.0 Å². The lowest BCUT2D eigenvalue weighted by Crippen LogP contribution is -2.11. The largest absolute Gasteiger partial charge is 0.454 e. The van der Waals surface area contributed by atoms with Gasteiger partial charge in [0.15, 0.2) is 11.6 Å². The van der Waals surface area contributed by atoms with E-state index in [2.05, 4.69) is 15.5 Å². The number of hydrogen-bond acceptors (Lipinski definition) is 4. The number of carbonyl (C=O) groups excluding carboxylic acids is 1. The molecule has 0 fully saturated rings. The van der Waals surface area contributed by atoms with E-state index in [0.29, 0.717) is 18.1 Å². The van der Waals surface area contributed by atoms with E-state index in [0.717, 1.165) is 11.4 Å². The molecule has 0 aromatic carbocycles. The molecule has 3 aromatic heterocycles. The molecule has 0 aliphatic rings. The summed E-state index contributed by atoms with van der Waals surface area (Å²) >= 11 is 0.